The number of furan rings is 1. The lowest BCUT2D eigenvalue weighted by Crippen LogP contribution is -2.15. The summed E-state index contributed by atoms with van der Waals surface area (Å²) in [6, 6.07) is 7.49. The van der Waals surface area contributed by atoms with E-state index >= 15 is 0 Å². The lowest BCUT2D eigenvalue weighted by molar-refractivity contribution is 0.506. The van der Waals surface area contributed by atoms with Crippen LogP contribution >= 0.6 is 0 Å². The van der Waals surface area contributed by atoms with Crippen molar-refractivity contribution >= 4 is 11.0 Å². The lowest BCUT2D eigenvalue weighted by atomic mass is 10.0. The van der Waals surface area contributed by atoms with Crippen LogP contribution in [0.15, 0.2) is 22.6 Å². The summed E-state index contributed by atoms with van der Waals surface area (Å²) in [6.07, 6.45) is 8.63. The molecule has 1 aliphatic carbocycles. The van der Waals surface area contributed by atoms with E-state index in [4.69, 9.17) is 4.42 Å². The molecule has 0 saturated heterocycles. The van der Waals surface area contributed by atoms with Crippen molar-refractivity contribution in [3.05, 3.63) is 35.1 Å². The van der Waals surface area contributed by atoms with Crippen molar-refractivity contribution in [3.8, 4) is 0 Å². The van der Waals surface area contributed by atoms with Gasteiger partial charge in [-0.3, -0.25) is 0 Å². The Labute approximate surface area is 127 Å². The normalized spacial score (nSPS) is 15.0. The average molecular weight is 285 g/mol. The maximum absolute atomic E-state index is 6.13. The summed E-state index contributed by atoms with van der Waals surface area (Å²) < 4.78 is 6.13. The summed E-state index contributed by atoms with van der Waals surface area (Å²) in [5.74, 6) is 1.16. The second-order valence-electron chi connectivity index (χ2n) is 6.34. The number of hydrogen-bond acceptors (Lipinski definition) is 2. The third kappa shape index (κ3) is 3.49. The average Bonchev–Trinajstić information content (AvgIpc) is 3.27. The zero-order chi connectivity index (χ0) is 14.7. The molecule has 0 bridgehead atoms. The maximum atomic E-state index is 6.13. The molecule has 0 amide bonds. The van der Waals surface area contributed by atoms with Gasteiger partial charge >= 0.3 is 0 Å². The van der Waals surface area contributed by atoms with Crippen molar-refractivity contribution in [1.29, 1.82) is 0 Å². The number of fused-ring (bicyclic) bond motifs is 1. The molecule has 1 N–H and O–H groups in total. The van der Waals surface area contributed by atoms with Crippen LogP contribution in [0.5, 0.6) is 0 Å². The highest BCUT2D eigenvalue weighted by atomic mass is 16.3. The first-order valence-corrected chi connectivity index (χ1v) is 8.58. The third-order valence-electron chi connectivity index (χ3n) is 4.39. The van der Waals surface area contributed by atoms with E-state index in [1.807, 2.05) is 0 Å². The van der Waals surface area contributed by atoms with Crippen LogP contribution < -0.4 is 5.32 Å². The fourth-order valence-corrected chi connectivity index (χ4v) is 2.97. The van der Waals surface area contributed by atoms with Crippen LogP contribution in [0.2, 0.25) is 0 Å². The minimum Gasteiger partial charge on any atom is -0.459 e. The number of benzene rings is 1. The monoisotopic (exact) mass is 285 g/mol. The van der Waals surface area contributed by atoms with Gasteiger partial charge in [0.1, 0.15) is 11.3 Å². The van der Waals surface area contributed by atoms with Crippen LogP contribution in [0.3, 0.4) is 0 Å². The molecule has 1 aromatic heterocycles. The first-order valence-electron chi connectivity index (χ1n) is 8.58. The quantitative estimate of drug-likeness (QED) is 0.740. The van der Waals surface area contributed by atoms with Gasteiger partial charge in [0.05, 0.1) is 6.54 Å². The van der Waals surface area contributed by atoms with E-state index < -0.39 is 0 Å². The highest BCUT2D eigenvalue weighted by molar-refractivity contribution is 5.83. The minimum absolute atomic E-state index is 0.729. The molecule has 114 valence electrons. The first-order chi connectivity index (χ1) is 10.3. The number of unbranched alkanes of at least 4 members (excludes halogenated alkanes) is 1. The van der Waals surface area contributed by atoms with E-state index in [2.05, 4.69) is 37.4 Å². The molecular weight excluding hydrogens is 258 g/mol. The maximum Gasteiger partial charge on any atom is 0.134 e. The van der Waals surface area contributed by atoms with Gasteiger partial charge in [-0.2, -0.15) is 0 Å². The Balaban J connectivity index is 1.88. The summed E-state index contributed by atoms with van der Waals surface area (Å²) >= 11 is 0. The molecule has 0 aliphatic heterocycles. The number of aryl methyl sites for hydroxylation is 2. The number of rotatable bonds is 8. The smallest absolute Gasteiger partial charge is 0.134 e. The summed E-state index contributed by atoms with van der Waals surface area (Å²) in [4.78, 5) is 0. The topological polar surface area (TPSA) is 25.2 Å². The van der Waals surface area contributed by atoms with Gasteiger partial charge in [-0.25, -0.2) is 0 Å². The molecule has 2 aromatic rings. The van der Waals surface area contributed by atoms with Gasteiger partial charge in [-0.05, 0) is 49.8 Å². The summed E-state index contributed by atoms with van der Waals surface area (Å²) in [7, 11) is 0. The van der Waals surface area contributed by atoms with Crippen LogP contribution in [0.1, 0.15) is 62.8 Å². The molecule has 2 nitrogen and oxygen atoms in total. The van der Waals surface area contributed by atoms with Crippen molar-refractivity contribution in [2.75, 3.05) is 0 Å². The van der Waals surface area contributed by atoms with Crippen LogP contribution in [0, 0.1) is 0 Å². The van der Waals surface area contributed by atoms with Gasteiger partial charge in [0.15, 0.2) is 0 Å². The van der Waals surface area contributed by atoms with Crippen LogP contribution in [-0.4, -0.2) is 6.04 Å². The molecule has 1 saturated carbocycles. The molecule has 0 atom stereocenters. The van der Waals surface area contributed by atoms with Gasteiger partial charge in [-0.15, -0.1) is 0 Å². The molecule has 1 fully saturated rings. The van der Waals surface area contributed by atoms with E-state index in [1.165, 1.54) is 55.0 Å². The third-order valence-corrected chi connectivity index (χ3v) is 4.39. The molecule has 21 heavy (non-hydrogen) atoms. The standard InChI is InChI=1S/C19H27NO/c1-3-5-7-14-8-11-18-17(12-14)16(6-4-2)19(21-18)13-20-15-9-10-15/h8,11-12,15,20H,3-7,9-10,13H2,1-2H3. The highest BCUT2D eigenvalue weighted by Gasteiger charge is 2.22. The second-order valence-corrected chi connectivity index (χ2v) is 6.34. The SMILES string of the molecule is CCCCc1ccc2oc(CNC3CC3)c(CCC)c2c1. The van der Waals surface area contributed by atoms with Gasteiger partial charge < -0.3 is 9.73 Å². The zero-order valence-corrected chi connectivity index (χ0v) is 13.4. The van der Waals surface area contributed by atoms with Crippen LogP contribution in [0.25, 0.3) is 11.0 Å². The molecule has 0 radical (unpaired) electrons. The Morgan fingerprint density at radius 2 is 2.00 bits per heavy atom. The first kappa shape index (κ1) is 14.6. The molecule has 1 aromatic carbocycles. The summed E-state index contributed by atoms with van der Waals surface area (Å²) in [6.45, 7) is 5.39. The summed E-state index contributed by atoms with van der Waals surface area (Å²) in [5.41, 5.74) is 3.94. The zero-order valence-electron chi connectivity index (χ0n) is 13.4. The Kier molecular flexibility index (Phi) is 4.64. The van der Waals surface area contributed by atoms with Gasteiger partial charge in [0, 0.05) is 17.0 Å². The van der Waals surface area contributed by atoms with Crippen molar-refractivity contribution < 1.29 is 4.42 Å². The van der Waals surface area contributed by atoms with Gasteiger partial charge in [0.25, 0.3) is 0 Å². The Morgan fingerprint density at radius 1 is 1.14 bits per heavy atom. The van der Waals surface area contributed by atoms with Crippen LogP contribution in [-0.2, 0) is 19.4 Å². The fourth-order valence-electron chi connectivity index (χ4n) is 2.97. The number of nitrogens with one attached hydrogen (secondary N) is 1. The van der Waals surface area contributed by atoms with Crippen molar-refractivity contribution in [2.45, 2.75) is 71.4 Å². The molecule has 2 heteroatoms. The van der Waals surface area contributed by atoms with Crippen molar-refractivity contribution in [1.82, 2.24) is 5.32 Å². The molecule has 0 unspecified atom stereocenters. The number of hydrogen-bond donors (Lipinski definition) is 1. The minimum atomic E-state index is 0.729. The van der Waals surface area contributed by atoms with E-state index in [0.29, 0.717) is 0 Å². The second kappa shape index (κ2) is 6.65. The lowest BCUT2D eigenvalue weighted by Gasteiger charge is -2.03. The van der Waals surface area contributed by atoms with Crippen molar-refractivity contribution in [2.24, 2.45) is 0 Å². The van der Waals surface area contributed by atoms with Crippen molar-refractivity contribution in [3.63, 3.8) is 0 Å². The largest absolute Gasteiger partial charge is 0.459 e. The molecule has 1 aliphatic rings. The predicted octanol–water partition coefficient (Wildman–Crippen LogP) is 4.98. The Hall–Kier alpha value is -1.28. The van der Waals surface area contributed by atoms with Gasteiger partial charge in [0.2, 0.25) is 0 Å². The molecular formula is C19H27NO. The van der Waals surface area contributed by atoms with Crippen LogP contribution in [0.4, 0.5) is 0 Å². The fraction of sp³-hybridized carbons (Fsp3) is 0.579. The molecule has 0 spiro atoms. The summed E-state index contributed by atoms with van der Waals surface area (Å²) in [5, 5.41) is 4.93. The Bertz CT molecular complexity index is 595. The van der Waals surface area contributed by atoms with E-state index in [-0.39, 0.29) is 0 Å². The predicted molar refractivity (Wildman–Crippen MR) is 88.7 cm³/mol. The van der Waals surface area contributed by atoms with Gasteiger partial charge in [-0.1, -0.05) is 32.8 Å². The van der Waals surface area contributed by atoms with E-state index in [9.17, 15) is 0 Å². The van der Waals surface area contributed by atoms with E-state index in [1.54, 1.807) is 0 Å². The Morgan fingerprint density at radius 3 is 2.71 bits per heavy atom. The van der Waals surface area contributed by atoms with E-state index in [0.717, 1.165) is 30.4 Å². The molecule has 1 heterocycles. The molecule has 3 rings (SSSR count). The highest BCUT2D eigenvalue weighted by Crippen LogP contribution is 2.29.